The van der Waals surface area contributed by atoms with E-state index in [9.17, 15) is 4.79 Å². The van der Waals surface area contributed by atoms with E-state index in [0.29, 0.717) is 24.7 Å². The van der Waals surface area contributed by atoms with E-state index in [1.165, 1.54) is 0 Å². The summed E-state index contributed by atoms with van der Waals surface area (Å²) in [6.45, 7) is 5.88. The van der Waals surface area contributed by atoms with E-state index < -0.39 is 5.41 Å². The van der Waals surface area contributed by atoms with E-state index in [4.69, 9.17) is 10.9 Å². The van der Waals surface area contributed by atoms with Crippen LogP contribution in [0.5, 0.6) is 0 Å². The molecule has 1 aliphatic heterocycles. The molecule has 1 atom stereocenters. The van der Waals surface area contributed by atoms with Crippen LogP contribution >= 0.6 is 0 Å². The normalized spacial score (nSPS) is 36.6. The molecule has 1 saturated carbocycles. The first kappa shape index (κ1) is 13.2. The summed E-state index contributed by atoms with van der Waals surface area (Å²) < 4.78 is 0. The number of carbonyl (C=O) groups excluding carboxylic acids is 1. The Kier molecular flexibility index (Phi) is 3.50. The van der Waals surface area contributed by atoms with Crippen molar-refractivity contribution >= 4 is 11.7 Å². The van der Waals surface area contributed by atoms with Crippen molar-refractivity contribution in [3.05, 3.63) is 0 Å². The first-order chi connectivity index (χ1) is 8.53. The van der Waals surface area contributed by atoms with Gasteiger partial charge in [0.1, 0.15) is 5.41 Å². The van der Waals surface area contributed by atoms with E-state index in [1.807, 2.05) is 4.90 Å². The van der Waals surface area contributed by atoms with E-state index in [0.717, 1.165) is 25.9 Å². The number of nitrogens with two attached hydrogens (primary N) is 1. The van der Waals surface area contributed by atoms with Crippen LogP contribution in [-0.2, 0) is 4.79 Å². The zero-order chi connectivity index (χ0) is 13.3. The summed E-state index contributed by atoms with van der Waals surface area (Å²) in [5.74, 6) is 1.23. The fraction of sp³-hybridized carbons (Fsp3) is 0.846. The van der Waals surface area contributed by atoms with E-state index in [1.54, 1.807) is 0 Å². The molecule has 0 radical (unpaired) electrons. The van der Waals surface area contributed by atoms with Gasteiger partial charge in [-0.15, -0.1) is 0 Å². The summed E-state index contributed by atoms with van der Waals surface area (Å²) in [5.41, 5.74) is 5.04. The summed E-state index contributed by atoms with van der Waals surface area (Å²) in [7, 11) is 0. The zero-order valence-corrected chi connectivity index (χ0v) is 11.2. The van der Waals surface area contributed by atoms with Gasteiger partial charge in [-0.3, -0.25) is 4.79 Å². The Bertz CT molecular complexity index is 361. The van der Waals surface area contributed by atoms with Crippen molar-refractivity contribution in [2.45, 2.75) is 39.5 Å². The summed E-state index contributed by atoms with van der Waals surface area (Å²) in [6, 6.07) is 0. The Morgan fingerprint density at radius 1 is 1.56 bits per heavy atom. The van der Waals surface area contributed by atoms with Crippen LogP contribution in [0.1, 0.15) is 39.5 Å². The maximum Gasteiger partial charge on any atom is 0.236 e. The fourth-order valence-electron chi connectivity index (χ4n) is 3.37. The predicted molar refractivity (Wildman–Crippen MR) is 69.2 cm³/mol. The molecule has 0 spiro atoms. The van der Waals surface area contributed by atoms with Crippen LogP contribution in [0, 0.1) is 17.3 Å². The highest BCUT2D eigenvalue weighted by Gasteiger charge is 2.54. The molecule has 1 aliphatic carbocycles. The van der Waals surface area contributed by atoms with Gasteiger partial charge in [-0.05, 0) is 31.1 Å². The quantitative estimate of drug-likeness (QED) is 0.345. The highest BCUT2D eigenvalue weighted by atomic mass is 16.4. The van der Waals surface area contributed by atoms with Crippen molar-refractivity contribution in [3.63, 3.8) is 0 Å². The maximum absolute atomic E-state index is 12.6. The first-order valence-electron chi connectivity index (χ1n) is 6.81. The summed E-state index contributed by atoms with van der Waals surface area (Å²) in [4.78, 5) is 14.5. The van der Waals surface area contributed by atoms with E-state index in [2.05, 4.69) is 19.0 Å². The number of amides is 1. The van der Waals surface area contributed by atoms with Gasteiger partial charge in [0, 0.05) is 13.1 Å². The number of oxime groups is 1. The number of nitrogens with zero attached hydrogens (tertiary/aromatic N) is 2. The van der Waals surface area contributed by atoms with Crippen molar-refractivity contribution in [1.82, 2.24) is 4.90 Å². The molecule has 1 heterocycles. The third kappa shape index (κ3) is 1.95. The summed E-state index contributed by atoms with van der Waals surface area (Å²) in [5, 5.41) is 12.0. The van der Waals surface area contributed by atoms with Crippen molar-refractivity contribution in [2.75, 3.05) is 13.1 Å². The van der Waals surface area contributed by atoms with Crippen LogP contribution in [0.3, 0.4) is 0 Å². The summed E-state index contributed by atoms with van der Waals surface area (Å²) >= 11 is 0. The molecule has 0 aromatic rings. The lowest BCUT2D eigenvalue weighted by molar-refractivity contribution is -0.143. The molecule has 1 amide bonds. The van der Waals surface area contributed by atoms with Crippen LogP contribution in [0.2, 0.25) is 0 Å². The maximum atomic E-state index is 12.6. The average Bonchev–Trinajstić information content (AvgIpc) is 2.81. The largest absolute Gasteiger partial charge is 0.409 e. The van der Waals surface area contributed by atoms with E-state index >= 15 is 0 Å². The number of hydrogen-bond donors (Lipinski definition) is 2. The molecule has 2 aliphatic rings. The second-order valence-corrected chi connectivity index (χ2v) is 5.89. The van der Waals surface area contributed by atoms with Gasteiger partial charge in [0.2, 0.25) is 5.91 Å². The minimum Gasteiger partial charge on any atom is -0.409 e. The lowest BCUT2D eigenvalue weighted by atomic mass is 9.61. The molecule has 5 nitrogen and oxygen atoms in total. The monoisotopic (exact) mass is 253 g/mol. The van der Waals surface area contributed by atoms with Crippen LogP contribution in [-0.4, -0.2) is 34.9 Å². The standard InChI is InChI=1S/C13H23N3O2/c1-3-10-4-5-16(8-10)12(17)13(11(14)15-18)6-9(2)7-13/h9-10,18H,3-8H2,1-2H3,(H2,14,15). The van der Waals surface area contributed by atoms with Gasteiger partial charge >= 0.3 is 0 Å². The number of rotatable bonds is 3. The average molecular weight is 253 g/mol. The molecule has 0 aromatic heterocycles. The first-order valence-corrected chi connectivity index (χ1v) is 6.81. The Labute approximate surface area is 108 Å². The fourth-order valence-corrected chi connectivity index (χ4v) is 3.37. The third-order valence-corrected chi connectivity index (χ3v) is 4.55. The van der Waals surface area contributed by atoms with Crippen LogP contribution in [0.4, 0.5) is 0 Å². The molecule has 102 valence electrons. The Balaban J connectivity index is 2.11. The minimum atomic E-state index is -0.725. The molecule has 1 unspecified atom stereocenters. The molecule has 3 N–H and O–H groups in total. The lowest BCUT2D eigenvalue weighted by Crippen LogP contribution is -2.57. The molecule has 0 aromatic carbocycles. The topological polar surface area (TPSA) is 78.9 Å². The number of amidine groups is 1. The van der Waals surface area contributed by atoms with Gasteiger partial charge in [-0.2, -0.15) is 0 Å². The SMILES string of the molecule is CCC1CCN(C(=O)C2(C(N)=NO)CC(C)C2)C1. The van der Waals surface area contributed by atoms with Crippen LogP contribution < -0.4 is 5.73 Å². The van der Waals surface area contributed by atoms with Crippen molar-refractivity contribution in [3.8, 4) is 0 Å². The van der Waals surface area contributed by atoms with Crippen molar-refractivity contribution < 1.29 is 10.0 Å². The predicted octanol–water partition coefficient (Wildman–Crippen LogP) is 1.41. The molecule has 1 saturated heterocycles. The van der Waals surface area contributed by atoms with Gasteiger partial charge < -0.3 is 15.8 Å². The highest BCUT2D eigenvalue weighted by molar-refractivity contribution is 6.07. The van der Waals surface area contributed by atoms with Crippen LogP contribution in [0.15, 0.2) is 5.16 Å². The Morgan fingerprint density at radius 3 is 2.67 bits per heavy atom. The van der Waals surface area contributed by atoms with Crippen LogP contribution in [0.25, 0.3) is 0 Å². The number of hydrogen-bond acceptors (Lipinski definition) is 3. The van der Waals surface area contributed by atoms with E-state index in [-0.39, 0.29) is 11.7 Å². The number of likely N-dealkylation sites (tertiary alicyclic amines) is 1. The molecule has 2 fully saturated rings. The van der Waals surface area contributed by atoms with Crippen molar-refractivity contribution in [2.24, 2.45) is 28.1 Å². The summed E-state index contributed by atoms with van der Waals surface area (Å²) in [6.07, 6.45) is 3.59. The molecular weight excluding hydrogens is 230 g/mol. The van der Waals surface area contributed by atoms with Gasteiger partial charge in [0.15, 0.2) is 5.84 Å². The Hall–Kier alpha value is -1.26. The minimum absolute atomic E-state index is 0.0619. The lowest BCUT2D eigenvalue weighted by Gasteiger charge is -2.45. The molecular formula is C13H23N3O2. The zero-order valence-electron chi connectivity index (χ0n) is 11.2. The van der Waals surface area contributed by atoms with Gasteiger partial charge in [-0.1, -0.05) is 25.4 Å². The molecule has 5 heteroatoms. The van der Waals surface area contributed by atoms with Gasteiger partial charge in [0.05, 0.1) is 0 Å². The third-order valence-electron chi connectivity index (χ3n) is 4.55. The molecule has 2 rings (SSSR count). The second kappa shape index (κ2) is 4.78. The van der Waals surface area contributed by atoms with Crippen molar-refractivity contribution in [1.29, 1.82) is 0 Å². The molecule has 0 bridgehead atoms. The van der Waals surface area contributed by atoms with Gasteiger partial charge in [-0.25, -0.2) is 0 Å². The smallest absolute Gasteiger partial charge is 0.236 e. The molecule has 18 heavy (non-hydrogen) atoms. The number of carbonyl (C=O) groups is 1. The second-order valence-electron chi connectivity index (χ2n) is 5.89. The van der Waals surface area contributed by atoms with Gasteiger partial charge in [0.25, 0.3) is 0 Å². The Morgan fingerprint density at radius 2 is 2.22 bits per heavy atom. The highest BCUT2D eigenvalue weighted by Crippen LogP contribution is 2.47.